The molecule has 13 heteroatoms. The Bertz CT molecular complexity index is 878. The van der Waals surface area contributed by atoms with Crippen LogP contribution in [0.3, 0.4) is 0 Å². The number of aliphatic imine (C=N–C) groups is 1. The molecule has 0 saturated carbocycles. The highest BCUT2D eigenvalue weighted by Gasteiger charge is 2.59. The van der Waals surface area contributed by atoms with Crippen LogP contribution < -0.4 is 5.32 Å². The van der Waals surface area contributed by atoms with Gasteiger partial charge in [0.25, 0.3) is 0 Å². The van der Waals surface area contributed by atoms with Gasteiger partial charge < -0.3 is 20.1 Å². The SMILES string of the molecule is C#CC1(F)[C@@H](O)[C@@H](COP(=O)(OCCSC(C)=O)N(C)C)O[C@H]1N1C=CC(=NC)NC1=C. The lowest BCUT2D eigenvalue weighted by Gasteiger charge is -2.35. The van der Waals surface area contributed by atoms with E-state index in [4.69, 9.17) is 20.2 Å². The number of carbonyl (C=O) groups excluding carboxylic acids is 1. The summed E-state index contributed by atoms with van der Waals surface area (Å²) in [5, 5.41) is 13.3. The lowest BCUT2D eigenvalue weighted by molar-refractivity contribution is -0.109. The van der Waals surface area contributed by atoms with Crippen LogP contribution in [-0.2, 0) is 23.1 Å². The third-order valence-corrected chi connectivity index (χ3v) is 7.41. The normalized spacial score (nSPS) is 30.9. The van der Waals surface area contributed by atoms with Crippen LogP contribution >= 0.6 is 19.5 Å². The molecule has 2 aliphatic heterocycles. The van der Waals surface area contributed by atoms with E-state index in [9.17, 15) is 14.5 Å². The molecule has 2 unspecified atom stereocenters. The molecule has 1 fully saturated rings. The fourth-order valence-electron chi connectivity index (χ4n) is 2.93. The number of rotatable bonds is 9. The molecule has 1 saturated heterocycles. The molecule has 0 aromatic heterocycles. The topological polar surface area (TPSA) is 113 Å². The summed E-state index contributed by atoms with van der Waals surface area (Å²) in [5.41, 5.74) is -2.61. The van der Waals surface area contributed by atoms with E-state index in [0.29, 0.717) is 5.84 Å². The molecule has 2 aliphatic rings. The number of thioether (sulfide) groups is 1. The first-order valence-electron chi connectivity index (χ1n) is 9.58. The van der Waals surface area contributed by atoms with E-state index in [1.165, 1.54) is 36.8 Å². The second kappa shape index (κ2) is 10.9. The van der Waals surface area contributed by atoms with E-state index in [2.05, 4.69) is 16.9 Å². The van der Waals surface area contributed by atoms with Gasteiger partial charge in [-0.1, -0.05) is 24.3 Å². The van der Waals surface area contributed by atoms with E-state index in [0.717, 1.165) is 11.8 Å². The number of halogens is 1. The minimum Gasteiger partial charge on any atom is -0.386 e. The maximum Gasteiger partial charge on any atom is 0.407 e. The van der Waals surface area contributed by atoms with Crippen molar-refractivity contribution in [2.45, 2.75) is 31.0 Å². The number of nitrogens with zero attached hydrogens (tertiary/aromatic N) is 3. The Labute approximate surface area is 191 Å². The van der Waals surface area contributed by atoms with Gasteiger partial charge in [-0.25, -0.2) is 13.6 Å². The van der Waals surface area contributed by atoms with Crippen molar-refractivity contribution >= 4 is 30.5 Å². The lowest BCUT2D eigenvalue weighted by atomic mass is 9.96. The fraction of sp³-hybridized carbons (Fsp3) is 0.579. The Balaban J connectivity index is 2.12. The first kappa shape index (κ1) is 26.5. The largest absolute Gasteiger partial charge is 0.407 e. The summed E-state index contributed by atoms with van der Waals surface area (Å²) in [4.78, 5) is 16.3. The molecular formula is C19H28FN4O6PS. The summed E-state index contributed by atoms with van der Waals surface area (Å²) in [6, 6.07) is 0. The molecule has 0 aromatic rings. The predicted octanol–water partition coefficient (Wildman–Crippen LogP) is 1.31. The second-order valence-electron chi connectivity index (χ2n) is 7.07. The zero-order chi connectivity index (χ0) is 24.1. The molecule has 0 amide bonds. The van der Waals surface area contributed by atoms with E-state index in [1.54, 1.807) is 13.1 Å². The van der Waals surface area contributed by atoms with E-state index in [1.807, 2.05) is 5.92 Å². The molecule has 2 N–H and O–H groups in total. The maximum atomic E-state index is 15.6. The molecule has 0 aliphatic carbocycles. The molecule has 0 bridgehead atoms. The second-order valence-corrected chi connectivity index (χ2v) is 10.6. The fourth-order valence-corrected chi connectivity index (χ4v) is 4.70. The molecule has 2 rings (SSSR count). The summed E-state index contributed by atoms with van der Waals surface area (Å²) in [7, 11) is 0.750. The number of ether oxygens (including phenoxy) is 1. The van der Waals surface area contributed by atoms with Gasteiger partial charge in [-0.15, -0.1) is 6.42 Å². The van der Waals surface area contributed by atoms with Gasteiger partial charge in [-0.05, 0) is 20.2 Å². The summed E-state index contributed by atoms with van der Waals surface area (Å²) in [6.07, 6.45) is 4.02. The smallest absolute Gasteiger partial charge is 0.386 e. The molecule has 0 radical (unpaired) electrons. The van der Waals surface area contributed by atoms with Gasteiger partial charge in [0.15, 0.2) is 11.3 Å². The van der Waals surface area contributed by atoms with Crippen molar-refractivity contribution in [1.82, 2.24) is 14.9 Å². The van der Waals surface area contributed by atoms with Crippen LogP contribution in [0.15, 0.2) is 29.7 Å². The van der Waals surface area contributed by atoms with Gasteiger partial charge in [-0.3, -0.25) is 18.8 Å². The third-order valence-electron chi connectivity index (χ3n) is 4.67. The Kier molecular flexibility index (Phi) is 9.07. The van der Waals surface area contributed by atoms with Crippen LogP contribution in [0.5, 0.6) is 0 Å². The van der Waals surface area contributed by atoms with Crippen molar-refractivity contribution in [3.8, 4) is 12.3 Å². The van der Waals surface area contributed by atoms with Crippen molar-refractivity contribution in [3.63, 3.8) is 0 Å². The summed E-state index contributed by atoms with van der Waals surface area (Å²) >= 11 is 1.02. The van der Waals surface area contributed by atoms with Gasteiger partial charge >= 0.3 is 7.75 Å². The van der Waals surface area contributed by atoms with Crippen LogP contribution in [0, 0.1) is 12.3 Å². The quantitative estimate of drug-likeness (QED) is 0.279. The number of terminal acetylenes is 1. The van der Waals surface area contributed by atoms with E-state index in [-0.39, 0.29) is 23.3 Å². The average molecular weight is 490 g/mol. The van der Waals surface area contributed by atoms with Crippen LogP contribution in [-0.4, -0.2) is 89.8 Å². The lowest BCUT2D eigenvalue weighted by Crippen LogP contribution is -2.52. The van der Waals surface area contributed by atoms with Crippen LogP contribution in [0.2, 0.25) is 0 Å². The Morgan fingerprint density at radius 2 is 2.28 bits per heavy atom. The van der Waals surface area contributed by atoms with Gasteiger partial charge in [0, 0.05) is 25.9 Å². The van der Waals surface area contributed by atoms with Crippen LogP contribution in [0.25, 0.3) is 0 Å². The van der Waals surface area contributed by atoms with Gasteiger partial charge in [-0.2, -0.15) is 0 Å². The summed E-state index contributed by atoms with van der Waals surface area (Å²) in [6.45, 7) is 4.75. The Morgan fingerprint density at radius 3 is 2.81 bits per heavy atom. The molecule has 0 aromatic carbocycles. The predicted molar refractivity (Wildman–Crippen MR) is 120 cm³/mol. The number of alkyl halides is 1. The van der Waals surface area contributed by atoms with Gasteiger partial charge in [0.2, 0.25) is 5.67 Å². The average Bonchev–Trinajstić information content (AvgIpc) is 3.00. The molecule has 32 heavy (non-hydrogen) atoms. The highest BCUT2D eigenvalue weighted by molar-refractivity contribution is 8.13. The molecule has 10 nitrogen and oxygen atoms in total. The van der Waals surface area contributed by atoms with Crippen molar-refractivity contribution in [3.05, 3.63) is 24.7 Å². The molecule has 2 heterocycles. The number of carbonyl (C=O) groups is 1. The van der Waals surface area contributed by atoms with Crippen molar-refractivity contribution in [1.29, 1.82) is 0 Å². The number of amidine groups is 1. The maximum absolute atomic E-state index is 15.6. The summed E-state index contributed by atoms with van der Waals surface area (Å²) < 4.78 is 46.3. The highest BCUT2D eigenvalue weighted by Crippen LogP contribution is 2.51. The molecule has 5 atom stereocenters. The van der Waals surface area contributed by atoms with Crippen LogP contribution in [0.4, 0.5) is 4.39 Å². The zero-order valence-corrected chi connectivity index (χ0v) is 20.1. The highest BCUT2D eigenvalue weighted by atomic mass is 32.2. The summed E-state index contributed by atoms with van der Waals surface area (Å²) in [5.74, 6) is 3.00. The Hall–Kier alpha value is -1.71. The number of nitrogens with one attached hydrogen (secondary N) is 1. The Morgan fingerprint density at radius 1 is 1.59 bits per heavy atom. The number of aliphatic hydroxyl groups excluding tert-OH is 1. The van der Waals surface area contributed by atoms with Crippen molar-refractivity contribution in [2.75, 3.05) is 40.1 Å². The van der Waals surface area contributed by atoms with E-state index >= 15 is 4.39 Å². The molecule has 0 spiro atoms. The minimum atomic E-state index is -3.79. The van der Waals surface area contributed by atoms with Crippen LogP contribution in [0.1, 0.15) is 6.92 Å². The van der Waals surface area contributed by atoms with Crippen molar-refractivity contribution in [2.24, 2.45) is 4.99 Å². The standard InChI is InChI=1S/C19H28FN4O6PS/c1-7-19(20)17(26)15(30-18(19)24-9-8-16(21-4)22-13(24)2)12-29-31(27,23(5)6)28-10-11-32-14(3)25/h1,8-9,15,17-18,26H,2,10-12H2,3-6H3,(H,21,22)/t15-,17+,18-,19?,31?/m1/s1. The van der Waals surface area contributed by atoms with E-state index < -0.39 is 38.5 Å². The van der Waals surface area contributed by atoms with Gasteiger partial charge in [0.1, 0.15) is 23.9 Å². The monoisotopic (exact) mass is 490 g/mol. The van der Waals surface area contributed by atoms with Gasteiger partial charge in [0.05, 0.1) is 13.2 Å². The number of hydrogen-bond donors (Lipinski definition) is 2. The number of hydrogen-bond acceptors (Lipinski definition) is 9. The third kappa shape index (κ3) is 5.80. The van der Waals surface area contributed by atoms with Crippen molar-refractivity contribution < 1.29 is 32.6 Å². The first-order valence-corrected chi connectivity index (χ1v) is 12.1. The number of aliphatic hydroxyl groups is 1. The minimum absolute atomic E-state index is 0.0147. The zero-order valence-electron chi connectivity index (χ0n) is 18.4. The first-order chi connectivity index (χ1) is 15.0. The molecular weight excluding hydrogens is 462 g/mol. The molecule has 178 valence electrons.